The molecule has 0 spiro atoms. The lowest BCUT2D eigenvalue weighted by atomic mass is 10.0. The van der Waals surface area contributed by atoms with Crippen LogP contribution in [0.15, 0.2) is 40.9 Å². The van der Waals surface area contributed by atoms with E-state index in [9.17, 15) is 4.79 Å². The molecule has 2 atom stereocenters. The summed E-state index contributed by atoms with van der Waals surface area (Å²) in [4.78, 5) is 14.4. The van der Waals surface area contributed by atoms with E-state index in [0.717, 1.165) is 31.7 Å². The number of fused-ring (bicyclic) bond motifs is 1. The Hall–Kier alpha value is -1.85. The maximum atomic E-state index is 12.5. The highest BCUT2D eigenvalue weighted by atomic mass is 35.5. The van der Waals surface area contributed by atoms with Crippen LogP contribution < -0.4 is 5.32 Å². The third kappa shape index (κ3) is 2.62. The largest absolute Gasteiger partial charge is 0.350 e. The van der Waals surface area contributed by atoms with E-state index in [0.29, 0.717) is 23.3 Å². The smallest absolute Gasteiger partial charge is 0.292 e. The Labute approximate surface area is 135 Å². The minimum absolute atomic E-state index is 0. The average molecular weight is 320 g/mol. The third-order valence-corrected chi connectivity index (χ3v) is 4.47. The Morgan fingerprint density at radius 3 is 2.55 bits per heavy atom. The van der Waals surface area contributed by atoms with Crippen LogP contribution in [0.4, 0.5) is 0 Å². The number of benzene rings is 1. The molecule has 0 unspecified atom stereocenters. The SMILES string of the molecule is Cl.O=C(c1cc(-c2ccccc2)no1)N1C[C@H]2CNC[C@H]2C1. The van der Waals surface area contributed by atoms with Crippen LogP contribution in [-0.2, 0) is 0 Å². The van der Waals surface area contributed by atoms with E-state index in [2.05, 4.69) is 10.5 Å². The molecule has 0 bridgehead atoms. The van der Waals surface area contributed by atoms with E-state index < -0.39 is 0 Å². The number of hydrogen-bond donors (Lipinski definition) is 1. The van der Waals surface area contributed by atoms with Gasteiger partial charge in [-0.15, -0.1) is 12.4 Å². The number of carbonyl (C=O) groups is 1. The van der Waals surface area contributed by atoms with Gasteiger partial charge in [-0.25, -0.2) is 0 Å². The quantitative estimate of drug-likeness (QED) is 0.920. The molecule has 2 aromatic rings. The zero-order chi connectivity index (χ0) is 14.2. The van der Waals surface area contributed by atoms with Gasteiger partial charge >= 0.3 is 0 Å². The lowest BCUT2D eigenvalue weighted by Gasteiger charge is -2.15. The summed E-state index contributed by atoms with van der Waals surface area (Å²) < 4.78 is 5.26. The molecule has 6 heteroatoms. The van der Waals surface area contributed by atoms with Gasteiger partial charge in [0, 0.05) is 37.8 Å². The Bertz CT molecular complexity index is 646. The zero-order valence-electron chi connectivity index (χ0n) is 12.1. The van der Waals surface area contributed by atoms with Crippen LogP contribution in [0, 0.1) is 11.8 Å². The minimum Gasteiger partial charge on any atom is -0.350 e. The second kappa shape index (κ2) is 6.10. The summed E-state index contributed by atoms with van der Waals surface area (Å²) in [5, 5.41) is 7.39. The number of halogens is 1. The fourth-order valence-corrected chi connectivity index (χ4v) is 3.30. The van der Waals surface area contributed by atoms with Gasteiger partial charge in [0.2, 0.25) is 5.76 Å². The van der Waals surface area contributed by atoms with E-state index >= 15 is 0 Å². The molecule has 2 fully saturated rings. The Morgan fingerprint density at radius 1 is 1.18 bits per heavy atom. The van der Waals surface area contributed by atoms with Gasteiger partial charge in [-0.2, -0.15) is 0 Å². The molecule has 2 saturated heterocycles. The molecule has 1 aromatic heterocycles. The normalized spacial score (nSPS) is 23.2. The van der Waals surface area contributed by atoms with Crippen LogP contribution >= 0.6 is 12.4 Å². The van der Waals surface area contributed by atoms with Crippen LogP contribution in [0.3, 0.4) is 0 Å². The fourth-order valence-electron chi connectivity index (χ4n) is 3.30. The Kier molecular flexibility index (Phi) is 4.18. The van der Waals surface area contributed by atoms with Gasteiger partial charge in [-0.3, -0.25) is 4.79 Å². The van der Waals surface area contributed by atoms with Crippen LogP contribution in [0.5, 0.6) is 0 Å². The highest BCUT2D eigenvalue weighted by molar-refractivity contribution is 5.92. The van der Waals surface area contributed by atoms with Crippen molar-refractivity contribution in [1.82, 2.24) is 15.4 Å². The van der Waals surface area contributed by atoms with Crippen molar-refractivity contribution in [2.45, 2.75) is 0 Å². The fraction of sp³-hybridized carbons (Fsp3) is 0.375. The second-order valence-electron chi connectivity index (χ2n) is 5.83. The maximum absolute atomic E-state index is 12.5. The molecule has 5 nitrogen and oxygen atoms in total. The molecule has 0 aliphatic carbocycles. The molecule has 0 saturated carbocycles. The van der Waals surface area contributed by atoms with E-state index in [4.69, 9.17) is 4.52 Å². The van der Waals surface area contributed by atoms with Crippen molar-refractivity contribution in [1.29, 1.82) is 0 Å². The van der Waals surface area contributed by atoms with Gasteiger partial charge in [0.05, 0.1) is 0 Å². The van der Waals surface area contributed by atoms with Crippen molar-refractivity contribution in [3.63, 3.8) is 0 Å². The molecule has 4 rings (SSSR count). The zero-order valence-corrected chi connectivity index (χ0v) is 12.9. The monoisotopic (exact) mass is 319 g/mol. The predicted molar refractivity (Wildman–Crippen MR) is 84.9 cm³/mol. The molecule has 0 radical (unpaired) electrons. The van der Waals surface area contributed by atoms with E-state index in [1.54, 1.807) is 6.07 Å². The molecule has 2 aliphatic rings. The van der Waals surface area contributed by atoms with Crippen molar-refractivity contribution in [3.8, 4) is 11.3 Å². The van der Waals surface area contributed by atoms with Crippen LogP contribution in [0.25, 0.3) is 11.3 Å². The van der Waals surface area contributed by atoms with Gasteiger partial charge in [0.25, 0.3) is 5.91 Å². The van der Waals surface area contributed by atoms with Crippen molar-refractivity contribution in [2.75, 3.05) is 26.2 Å². The number of likely N-dealkylation sites (tertiary alicyclic amines) is 1. The van der Waals surface area contributed by atoms with Gasteiger partial charge in [-0.05, 0) is 11.8 Å². The average Bonchev–Trinajstić information content (AvgIpc) is 3.22. The summed E-state index contributed by atoms with van der Waals surface area (Å²) in [5.41, 5.74) is 1.67. The maximum Gasteiger partial charge on any atom is 0.292 e. The third-order valence-electron chi connectivity index (χ3n) is 4.47. The molecular formula is C16H18ClN3O2. The molecule has 22 heavy (non-hydrogen) atoms. The summed E-state index contributed by atoms with van der Waals surface area (Å²) in [6, 6.07) is 11.5. The Morgan fingerprint density at radius 2 is 1.86 bits per heavy atom. The van der Waals surface area contributed by atoms with Crippen molar-refractivity contribution < 1.29 is 9.32 Å². The van der Waals surface area contributed by atoms with Crippen molar-refractivity contribution in [2.24, 2.45) is 11.8 Å². The first kappa shape index (κ1) is 15.1. The van der Waals surface area contributed by atoms with Gasteiger partial charge < -0.3 is 14.7 Å². The predicted octanol–water partition coefficient (Wildman–Crippen LogP) is 2.05. The number of amides is 1. The lowest BCUT2D eigenvalue weighted by molar-refractivity contribution is 0.0740. The number of aromatic nitrogens is 1. The summed E-state index contributed by atoms with van der Waals surface area (Å²) in [6.45, 7) is 3.66. The first-order chi connectivity index (χ1) is 10.3. The highest BCUT2D eigenvalue weighted by Crippen LogP contribution is 2.28. The molecule has 3 heterocycles. The number of carbonyl (C=O) groups excluding carboxylic acids is 1. The van der Waals surface area contributed by atoms with Gasteiger partial charge in [0.1, 0.15) is 5.69 Å². The van der Waals surface area contributed by atoms with Gasteiger partial charge in [-0.1, -0.05) is 35.5 Å². The molecule has 116 valence electrons. The lowest BCUT2D eigenvalue weighted by Crippen LogP contribution is -2.31. The molecule has 1 N–H and O–H groups in total. The highest BCUT2D eigenvalue weighted by Gasteiger charge is 2.39. The first-order valence-electron chi connectivity index (χ1n) is 7.33. The van der Waals surface area contributed by atoms with Crippen LogP contribution in [0.2, 0.25) is 0 Å². The minimum atomic E-state index is -0.0425. The summed E-state index contributed by atoms with van der Waals surface area (Å²) in [7, 11) is 0. The van der Waals surface area contributed by atoms with Crippen LogP contribution in [-0.4, -0.2) is 42.1 Å². The summed E-state index contributed by atoms with van der Waals surface area (Å²) in [6.07, 6.45) is 0. The summed E-state index contributed by atoms with van der Waals surface area (Å²) >= 11 is 0. The van der Waals surface area contributed by atoms with Gasteiger partial charge in [0.15, 0.2) is 0 Å². The molecule has 1 aromatic carbocycles. The van der Waals surface area contributed by atoms with E-state index in [-0.39, 0.29) is 18.3 Å². The second-order valence-corrected chi connectivity index (χ2v) is 5.83. The molecular weight excluding hydrogens is 302 g/mol. The first-order valence-corrected chi connectivity index (χ1v) is 7.33. The van der Waals surface area contributed by atoms with E-state index in [1.807, 2.05) is 35.2 Å². The number of rotatable bonds is 2. The van der Waals surface area contributed by atoms with Crippen molar-refractivity contribution in [3.05, 3.63) is 42.2 Å². The van der Waals surface area contributed by atoms with Crippen LogP contribution in [0.1, 0.15) is 10.6 Å². The number of hydrogen-bond acceptors (Lipinski definition) is 4. The summed E-state index contributed by atoms with van der Waals surface area (Å²) in [5.74, 6) is 1.47. The number of nitrogens with zero attached hydrogens (tertiary/aromatic N) is 2. The number of nitrogens with one attached hydrogen (secondary N) is 1. The topological polar surface area (TPSA) is 58.4 Å². The van der Waals surface area contributed by atoms with Crippen molar-refractivity contribution >= 4 is 18.3 Å². The molecule has 1 amide bonds. The standard InChI is InChI=1S/C16H17N3O2.ClH/c20-16(19-9-12-7-17-8-13(12)10-19)15-6-14(18-21-15)11-4-2-1-3-5-11;/h1-6,12-13,17H,7-10H2;1H/t12-,13+;. The Balaban J connectivity index is 0.00000144. The van der Waals surface area contributed by atoms with E-state index in [1.165, 1.54) is 0 Å². The molecule has 2 aliphatic heterocycles.